The first kappa shape index (κ1) is 69.7. The summed E-state index contributed by atoms with van der Waals surface area (Å²) in [5.41, 5.74) is 3.25. The van der Waals surface area contributed by atoms with Crippen molar-refractivity contribution in [3.8, 4) is 0 Å². The van der Waals surface area contributed by atoms with Gasteiger partial charge < -0.3 is 54.3 Å². The van der Waals surface area contributed by atoms with E-state index >= 15 is 0 Å². The molecule has 1 amide bonds. The standard InChI is InChI=1S/C51H79NO13.C14H11Cl2NO2/c1-30-16-12-11-13-17-31(2)42(61-8)28-38-21-19-36(7)51(60,65-38)48(57)49(58)52-23-15-14-18-39(52)50(59)64-43(33(4)26-37-20-22-40(53)44(27-37)62-9)29-41(54)32(3)25-35(6)46(56)47(63-10)45(55)34(5)24-30;1-8-6-7-10(15)13(12(8)16)17-11-5-3-2-4-9(11)14(18)19/h11-13,16-17,25,30,32-34,36-40,42-44,46-47,53,56,60H,14-15,18-24,26-29H2,1-10H3;2-7,17H,1H3,(H,18,19)/b13-11?,16-12+,31-17?,35-25+;/t30-,32-,33-,34-,36-,37+,38+,39+,40-,42+,43+,44-,46-,47+,51-;/m1./s1. The number of carbonyl (C=O) groups is 6. The summed E-state index contributed by atoms with van der Waals surface area (Å²) in [5, 5.41) is 46.9. The van der Waals surface area contributed by atoms with Crippen LogP contribution in [0.2, 0.25) is 10.0 Å². The highest BCUT2D eigenvalue weighted by Gasteiger charge is 2.53. The van der Waals surface area contributed by atoms with Gasteiger partial charge in [0.1, 0.15) is 30.1 Å². The molecule has 4 aliphatic rings. The van der Waals surface area contributed by atoms with Gasteiger partial charge in [-0.2, -0.15) is 0 Å². The fourth-order valence-corrected chi connectivity index (χ4v) is 12.3. The summed E-state index contributed by atoms with van der Waals surface area (Å²) in [6.07, 6.45) is 11.2. The number of amides is 1. The van der Waals surface area contributed by atoms with Crippen molar-refractivity contribution < 1.29 is 72.9 Å². The van der Waals surface area contributed by atoms with E-state index < -0.39 is 89.8 Å². The number of carbonyl (C=O) groups excluding carboxylic acids is 5. The van der Waals surface area contributed by atoms with Crippen LogP contribution in [-0.2, 0) is 47.7 Å². The number of nitrogens with zero attached hydrogens (tertiary/aromatic N) is 1. The number of fused-ring (bicyclic) bond motifs is 3. The monoisotopic (exact) mass is 1210 g/mol. The predicted octanol–water partition coefficient (Wildman–Crippen LogP) is 10.9. The molecule has 3 fully saturated rings. The Labute approximate surface area is 506 Å². The van der Waals surface area contributed by atoms with Gasteiger partial charge in [-0.3, -0.25) is 19.2 Å². The second-order valence-electron chi connectivity index (χ2n) is 23.6. The lowest BCUT2D eigenvalue weighted by Gasteiger charge is -2.42. The van der Waals surface area contributed by atoms with Crippen LogP contribution in [0.15, 0.2) is 84.0 Å². The van der Waals surface area contributed by atoms with Gasteiger partial charge in [-0.05, 0) is 138 Å². The van der Waals surface area contributed by atoms with Crippen LogP contribution in [0, 0.1) is 42.4 Å². The number of Topliss-reactive ketones (excluding diaryl/α,β-unsaturated/α-hetero) is 3. The molecule has 2 aromatic carbocycles. The summed E-state index contributed by atoms with van der Waals surface area (Å²) >= 11 is 12.3. The van der Waals surface area contributed by atoms with Gasteiger partial charge in [-0.1, -0.05) is 112 Å². The van der Waals surface area contributed by atoms with Crippen LogP contribution in [0.1, 0.15) is 141 Å². The largest absolute Gasteiger partial charge is 0.478 e. The smallest absolute Gasteiger partial charge is 0.337 e. The number of aliphatic hydroxyl groups excluding tert-OH is 2. The Kier molecular flexibility index (Phi) is 27.0. The Morgan fingerprint density at radius 3 is 2.24 bits per heavy atom. The third-order valence-electron chi connectivity index (χ3n) is 17.2. The number of piperidine rings is 1. The lowest BCUT2D eigenvalue weighted by Crippen LogP contribution is -2.61. The van der Waals surface area contributed by atoms with E-state index in [1.54, 1.807) is 71.4 Å². The van der Waals surface area contributed by atoms with Crippen molar-refractivity contribution in [1.29, 1.82) is 0 Å². The Morgan fingerprint density at radius 2 is 1.56 bits per heavy atom. The van der Waals surface area contributed by atoms with E-state index in [4.69, 9.17) is 52.0 Å². The molecule has 3 heterocycles. The molecule has 0 unspecified atom stereocenters. The number of aryl methyl sites for hydroxylation is 1. The number of benzene rings is 2. The number of aromatic carboxylic acids is 1. The number of hydrogen-bond acceptors (Lipinski definition) is 15. The minimum Gasteiger partial charge on any atom is -0.478 e. The highest BCUT2D eigenvalue weighted by atomic mass is 35.5. The number of esters is 1. The van der Waals surface area contributed by atoms with Gasteiger partial charge in [0.05, 0.1) is 51.4 Å². The lowest BCUT2D eigenvalue weighted by molar-refractivity contribution is -0.265. The molecular formula is C65H90Cl2N2O15. The Balaban J connectivity index is 0.000000570. The number of ketones is 3. The number of halogens is 2. The number of rotatable bonds is 9. The number of carboxylic acids is 1. The van der Waals surface area contributed by atoms with Crippen molar-refractivity contribution in [3.05, 3.63) is 105 Å². The number of nitrogens with one attached hydrogen (secondary N) is 1. The number of anilines is 2. The van der Waals surface area contributed by atoms with E-state index in [1.807, 2.05) is 65.0 Å². The van der Waals surface area contributed by atoms with Gasteiger partial charge in [-0.15, -0.1) is 0 Å². The summed E-state index contributed by atoms with van der Waals surface area (Å²) in [6, 6.07) is 8.97. The SMILES string of the molecule is CO[C@H]1C[C@@H]2CC[C@@H](C)[C@@](O)(O2)C(=O)C(=O)N2CCCC[C@H]2C(=O)O[C@H]([C@H](C)C[C@@H]2CC[C@@H](O)[C@H](OC)C2)CC(=O)[C@H](C)/C=C(\C)[C@@H](O)[C@@H](OC)C(=O)[C@H](C)C[C@H](C)/C=C/C=CC=C1C.Cc1ccc(Cl)c(Nc2ccccc2C(=O)O)c1Cl. The quantitative estimate of drug-likeness (QED) is 0.0890. The van der Waals surface area contributed by atoms with Crippen molar-refractivity contribution in [2.24, 2.45) is 35.5 Å². The molecule has 19 heteroatoms. The highest BCUT2D eigenvalue weighted by molar-refractivity contribution is 6.40. The van der Waals surface area contributed by atoms with Gasteiger partial charge in [0.25, 0.3) is 11.7 Å². The molecule has 1 saturated carbocycles. The van der Waals surface area contributed by atoms with Crippen molar-refractivity contribution >= 4 is 69.8 Å². The Bertz CT molecular complexity index is 2730. The van der Waals surface area contributed by atoms with Gasteiger partial charge in [0.2, 0.25) is 5.79 Å². The maximum atomic E-state index is 14.4. The van der Waals surface area contributed by atoms with E-state index in [9.17, 15) is 44.1 Å². The zero-order chi connectivity index (χ0) is 62.2. The van der Waals surface area contributed by atoms with Crippen molar-refractivity contribution in [1.82, 2.24) is 4.90 Å². The van der Waals surface area contributed by atoms with Gasteiger partial charge >= 0.3 is 11.9 Å². The first-order valence-electron chi connectivity index (χ1n) is 29.5. The molecule has 15 atom stereocenters. The van der Waals surface area contributed by atoms with Crippen LogP contribution in [-0.4, -0.2) is 143 Å². The molecular weight excluding hydrogens is 1120 g/mol. The molecule has 2 aromatic rings. The van der Waals surface area contributed by atoms with E-state index in [0.717, 1.165) is 17.6 Å². The normalized spacial score (nSPS) is 32.6. The number of carboxylic acid groups (broad SMARTS) is 1. The fraction of sp³-hybridized carbons (Fsp3) is 0.600. The average molecular weight is 1210 g/mol. The van der Waals surface area contributed by atoms with Crippen LogP contribution in [0.4, 0.5) is 11.4 Å². The number of allylic oxidation sites excluding steroid dienone is 6. The number of ether oxygens (including phenoxy) is 5. The number of methoxy groups -OCH3 is 3. The van der Waals surface area contributed by atoms with Crippen LogP contribution < -0.4 is 5.32 Å². The lowest BCUT2D eigenvalue weighted by atomic mass is 9.78. The predicted molar refractivity (Wildman–Crippen MR) is 323 cm³/mol. The average Bonchev–Trinajstić information content (AvgIpc) is 2.64. The third kappa shape index (κ3) is 18.5. The fourth-order valence-electron chi connectivity index (χ4n) is 11.8. The minimum atomic E-state index is -2.43. The van der Waals surface area contributed by atoms with E-state index in [2.05, 4.69) is 5.32 Å². The third-order valence-corrected chi connectivity index (χ3v) is 18.0. The summed E-state index contributed by atoms with van der Waals surface area (Å²) in [6.45, 7) is 14.6. The highest BCUT2D eigenvalue weighted by Crippen LogP contribution is 2.39. The number of hydrogen-bond donors (Lipinski definition) is 5. The van der Waals surface area contributed by atoms with Crippen molar-refractivity contribution in [3.63, 3.8) is 0 Å². The number of cyclic esters (lactones) is 1. The van der Waals surface area contributed by atoms with Crippen LogP contribution in [0.25, 0.3) is 0 Å². The second kappa shape index (κ2) is 32.6. The van der Waals surface area contributed by atoms with Crippen molar-refractivity contribution in [2.75, 3.05) is 33.2 Å². The molecule has 17 nitrogen and oxygen atoms in total. The zero-order valence-corrected chi connectivity index (χ0v) is 52.2. The Hall–Kier alpha value is -5.08. The maximum absolute atomic E-state index is 14.4. The minimum absolute atomic E-state index is 0.0193. The number of para-hydroxylation sites is 1. The molecule has 5 N–H and O–H groups in total. The van der Waals surface area contributed by atoms with E-state index in [1.165, 1.54) is 18.1 Å². The molecule has 0 radical (unpaired) electrons. The molecule has 2 bridgehead atoms. The molecule has 0 spiro atoms. The molecule has 1 aliphatic carbocycles. The first-order valence-corrected chi connectivity index (χ1v) is 30.2. The topological polar surface area (TPSA) is 245 Å². The van der Waals surface area contributed by atoms with Gasteiger partial charge in [0.15, 0.2) is 5.78 Å². The summed E-state index contributed by atoms with van der Waals surface area (Å²) in [7, 11) is 4.52. The summed E-state index contributed by atoms with van der Waals surface area (Å²) in [5.74, 6) is -8.97. The molecule has 3 aliphatic heterocycles. The van der Waals surface area contributed by atoms with Crippen LogP contribution >= 0.6 is 23.2 Å². The summed E-state index contributed by atoms with van der Waals surface area (Å²) < 4.78 is 29.4. The Morgan fingerprint density at radius 1 is 0.845 bits per heavy atom. The summed E-state index contributed by atoms with van der Waals surface area (Å²) in [4.78, 5) is 82.9. The van der Waals surface area contributed by atoms with Crippen LogP contribution in [0.3, 0.4) is 0 Å². The van der Waals surface area contributed by atoms with Crippen molar-refractivity contribution in [2.45, 2.75) is 187 Å². The first-order chi connectivity index (χ1) is 39.8. The zero-order valence-electron chi connectivity index (χ0n) is 50.7. The maximum Gasteiger partial charge on any atom is 0.337 e. The molecule has 6 rings (SSSR count). The molecule has 464 valence electrons. The van der Waals surface area contributed by atoms with Gasteiger partial charge in [0, 0.05) is 58.5 Å². The number of aliphatic hydroxyl groups is 3. The molecule has 2 saturated heterocycles. The van der Waals surface area contributed by atoms with Crippen LogP contribution in [0.5, 0.6) is 0 Å². The van der Waals surface area contributed by atoms with E-state index in [0.29, 0.717) is 84.8 Å². The molecule has 0 aromatic heterocycles. The molecule has 84 heavy (non-hydrogen) atoms. The van der Waals surface area contributed by atoms with E-state index in [-0.39, 0.29) is 60.4 Å². The van der Waals surface area contributed by atoms with Gasteiger partial charge in [-0.25, -0.2) is 9.59 Å². The second-order valence-corrected chi connectivity index (χ2v) is 24.4.